The largest absolute Gasteiger partial charge is 0.458 e. The highest BCUT2D eigenvalue weighted by atomic mass is 32.1. The Morgan fingerprint density at radius 2 is 2.07 bits per heavy atom. The third-order valence-corrected chi connectivity index (χ3v) is 4.59. The molecule has 0 radical (unpaired) electrons. The van der Waals surface area contributed by atoms with Crippen molar-refractivity contribution in [2.24, 2.45) is 0 Å². The number of furan rings is 1. The average Bonchev–Trinajstić information content (AvgIpc) is 3.38. The first-order valence-electron chi connectivity index (χ1n) is 8.13. The van der Waals surface area contributed by atoms with Crippen LogP contribution in [0.15, 0.2) is 46.2 Å². The number of para-hydroxylation sites is 1. The highest BCUT2D eigenvalue weighted by Gasteiger charge is 2.16. The quantitative estimate of drug-likeness (QED) is 0.491. The number of amides is 2. The van der Waals surface area contributed by atoms with Crippen molar-refractivity contribution in [3.8, 4) is 11.5 Å². The number of nitrogens with one attached hydrogen (secondary N) is 3. The summed E-state index contributed by atoms with van der Waals surface area (Å²) in [6, 6.07) is 11.0. The molecular formula is C18H15N5O3S. The van der Waals surface area contributed by atoms with Crippen LogP contribution in [-0.4, -0.2) is 27.0 Å². The maximum atomic E-state index is 12.5. The summed E-state index contributed by atoms with van der Waals surface area (Å²) in [7, 11) is 0. The summed E-state index contributed by atoms with van der Waals surface area (Å²) in [6.07, 6.45) is 0. The Balaban J connectivity index is 1.48. The summed E-state index contributed by atoms with van der Waals surface area (Å²) >= 11 is 1.29. The van der Waals surface area contributed by atoms with Gasteiger partial charge in [0, 0.05) is 17.7 Å². The maximum absolute atomic E-state index is 12.5. The number of anilines is 1. The average molecular weight is 381 g/mol. The predicted octanol–water partition coefficient (Wildman–Crippen LogP) is 3.17. The number of aromatic amines is 1. The molecule has 4 rings (SSSR count). The third kappa shape index (κ3) is 3.58. The number of H-pyrrole nitrogens is 1. The van der Waals surface area contributed by atoms with Crippen molar-refractivity contribution in [1.29, 1.82) is 0 Å². The summed E-state index contributed by atoms with van der Waals surface area (Å²) in [5.74, 6) is 0.732. The van der Waals surface area contributed by atoms with Gasteiger partial charge in [0.2, 0.25) is 5.91 Å². The second-order valence-electron chi connectivity index (χ2n) is 5.79. The van der Waals surface area contributed by atoms with Crippen molar-refractivity contribution in [3.05, 3.63) is 53.2 Å². The SMILES string of the molecule is CC(=O)NCc1ccc(-c2csc(NC(=O)c3n[nH]c4ccccc34)n2)o1. The molecule has 9 heteroatoms. The molecular weight excluding hydrogens is 366 g/mol. The zero-order valence-electron chi connectivity index (χ0n) is 14.3. The molecule has 136 valence electrons. The predicted molar refractivity (Wildman–Crippen MR) is 101 cm³/mol. The van der Waals surface area contributed by atoms with E-state index in [4.69, 9.17) is 4.42 Å². The molecule has 0 saturated carbocycles. The van der Waals surface area contributed by atoms with Crippen molar-refractivity contribution in [2.45, 2.75) is 13.5 Å². The van der Waals surface area contributed by atoms with Crippen LogP contribution in [0.4, 0.5) is 5.13 Å². The van der Waals surface area contributed by atoms with Crippen LogP contribution in [0.1, 0.15) is 23.2 Å². The Bertz CT molecular complexity index is 1130. The smallest absolute Gasteiger partial charge is 0.278 e. The van der Waals surface area contributed by atoms with Crippen LogP contribution in [0.5, 0.6) is 0 Å². The molecule has 0 aliphatic rings. The van der Waals surface area contributed by atoms with Crippen molar-refractivity contribution in [1.82, 2.24) is 20.5 Å². The van der Waals surface area contributed by atoms with E-state index in [-0.39, 0.29) is 11.8 Å². The highest BCUT2D eigenvalue weighted by Crippen LogP contribution is 2.27. The summed E-state index contributed by atoms with van der Waals surface area (Å²) in [5, 5.41) is 15.3. The number of aromatic nitrogens is 3. The number of hydrogen-bond donors (Lipinski definition) is 3. The second kappa shape index (κ2) is 7.04. The number of carbonyl (C=O) groups is 2. The summed E-state index contributed by atoms with van der Waals surface area (Å²) in [5.41, 5.74) is 1.72. The van der Waals surface area contributed by atoms with E-state index in [1.165, 1.54) is 18.3 Å². The highest BCUT2D eigenvalue weighted by molar-refractivity contribution is 7.14. The molecule has 0 aliphatic carbocycles. The molecule has 3 N–H and O–H groups in total. The first kappa shape index (κ1) is 17.0. The van der Waals surface area contributed by atoms with E-state index < -0.39 is 0 Å². The van der Waals surface area contributed by atoms with Gasteiger partial charge in [-0.25, -0.2) is 4.98 Å². The van der Waals surface area contributed by atoms with Crippen LogP contribution >= 0.6 is 11.3 Å². The number of fused-ring (bicyclic) bond motifs is 1. The van der Waals surface area contributed by atoms with E-state index in [2.05, 4.69) is 25.8 Å². The minimum atomic E-state index is -0.334. The fourth-order valence-corrected chi connectivity index (χ4v) is 3.25. The Labute approximate surface area is 157 Å². The van der Waals surface area contributed by atoms with Crippen LogP contribution in [0, 0.1) is 0 Å². The molecule has 0 saturated heterocycles. The van der Waals surface area contributed by atoms with Gasteiger partial charge in [0.1, 0.15) is 11.5 Å². The van der Waals surface area contributed by atoms with E-state index in [1.54, 1.807) is 17.5 Å². The summed E-state index contributed by atoms with van der Waals surface area (Å²) in [4.78, 5) is 27.9. The molecule has 0 spiro atoms. The molecule has 0 unspecified atom stereocenters. The first-order chi connectivity index (χ1) is 13.1. The van der Waals surface area contributed by atoms with Crippen molar-refractivity contribution < 1.29 is 14.0 Å². The van der Waals surface area contributed by atoms with Crippen LogP contribution in [0.25, 0.3) is 22.4 Å². The van der Waals surface area contributed by atoms with Gasteiger partial charge in [-0.05, 0) is 18.2 Å². The van der Waals surface area contributed by atoms with E-state index in [0.717, 1.165) is 10.9 Å². The van der Waals surface area contributed by atoms with Gasteiger partial charge in [0.25, 0.3) is 5.91 Å². The van der Waals surface area contributed by atoms with Gasteiger partial charge in [-0.1, -0.05) is 18.2 Å². The van der Waals surface area contributed by atoms with Gasteiger partial charge in [-0.15, -0.1) is 11.3 Å². The lowest BCUT2D eigenvalue weighted by atomic mass is 10.2. The lowest BCUT2D eigenvalue weighted by Gasteiger charge is -1.99. The number of nitrogens with zero attached hydrogens (tertiary/aromatic N) is 2. The fraction of sp³-hybridized carbons (Fsp3) is 0.111. The topological polar surface area (TPSA) is 113 Å². The van der Waals surface area contributed by atoms with Gasteiger partial charge >= 0.3 is 0 Å². The Kier molecular flexibility index (Phi) is 4.43. The number of carbonyl (C=O) groups excluding carboxylic acids is 2. The summed E-state index contributed by atoms with van der Waals surface area (Å²) in [6.45, 7) is 1.76. The number of benzene rings is 1. The summed E-state index contributed by atoms with van der Waals surface area (Å²) < 4.78 is 5.67. The molecule has 3 aromatic heterocycles. The van der Waals surface area contributed by atoms with E-state index >= 15 is 0 Å². The lowest BCUT2D eigenvalue weighted by Crippen LogP contribution is -2.18. The van der Waals surface area contributed by atoms with Gasteiger partial charge in [0.15, 0.2) is 16.6 Å². The molecule has 0 fully saturated rings. The number of rotatable bonds is 5. The standard InChI is InChI=1S/C18H15N5O3S/c1-10(24)19-8-11-6-7-15(26-11)14-9-27-18(20-14)21-17(25)16-12-4-2-3-5-13(12)22-23-16/h2-7,9H,8H2,1H3,(H,19,24)(H,22,23)(H,20,21,25). The monoisotopic (exact) mass is 381 g/mol. The molecule has 1 aromatic carbocycles. The zero-order valence-corrected chi connectivity index (χ0v) is 15.1. The lowest BCUT2D eigenvalue weighted by molar-refractivity contribution is -0.119. The Morgan fingerprint density at radius 3 is 2.93 bits per heavy atom. The van der Waals surface area contributed by atoms with Crippen molar-refractivity contribution in [3.63, 3.8) is 0 Å². The minimum absolute atomic E-state index is 0.127. The normalized spacial score (nSPS) is 10.9. The molecule has 27 heavy (non-hydrogen) atoms. The van der Waals surface area contributed by atoms with Crippen molar-refractivity contribution >= 4 is 39.2 Å². The fourth-order valence-electron chi connectivity index (χ4n) is 2.56. The first-order valence-corrected chi connectivity index (χ1v) is 9.01. The van der Waals surface area contributed by atoms with E-state index in [1.807, 2.05) is 24.3 Å². The van der Waals surface area contributed by atoms with Crippen molar-refractivity contribution in [2.75, 3.05) is 5.32 Å². The molecule has 0 aliphatic heterocycles. The van der Waals surface area contributed by atoms with Crippen LogP contribution in [-0.2, 0) is 11.3 Å². The second-order valence-corrected chi connectivity index (χ2v) is 6.64. The minimum Gasteiger partial charge on any atom is -0.458 e. The molecule has 4 aromatic rings. The van der Waals surface area contributed by atoms with Crippen LogP contribution in [0.3, 0.4) is 0 Å². The van der Waals surface area contributed by atoms with Gasteiger partial charge in [0.05, 0.1) is 12.1 Å². The van der Waals surface area contributed by atoms with Crippen LogP contribution in [0.2, 0.25) is 0 Å². The molecule has 3 heterocycles. The Morgan fingerprint density at radius 1 is 1.22 bits per heavy atom. The third-order valence-electron chi connectivity index (χ3n) is 3.84. The molecule has 0 atom stereocenters. The zero-order chi connectivity index (χ0) is 18.8. The Hall–Kier alpha value is -3.46. The number of hydrogen-bond acceptors (Lipinski definition) is 6. The van der Waals surface area contributed by atoms with Gasteiger partial charge in [-0.2, -0.15) is 5.10 Å². The molecule has 0 bridgehead atoms. The maximum Gasteiger partial charge on any atom is 0.278 e. The molecule has 2 amide bonds. The van der Waals surface area contributed by atoms with Gasteiger partial charge in [-0.3, -0.25) is 20.0 Å². The van der Waals surface area contributed by atoms with Gasteiger partial charge < -0.3 is 9.73 Å². The molecule has 8 nitrogen and oxygen atoms in total. The van der Waals surface area contributed by atoms with Crippen LogP contribution < -0.4 is 10.6 Å². The van der Waals surface area contributed by atoms with E-state index in [9.17, 15) is 9.59 Å². The van der Waals surface area contributed by atoms with E-state index in [0.29, 0.717) is 34.6 Å². The number of thiazole rings is 1.